The number of non-ortho nitro benzene ring substituents is 1. The molecule has 0 saturated carbocycles. The third-order valence-corrected chi connectivity index (χ3v) is 5.45. The van der Waals surface area contributed by atoms with Crippen molar-refractivity contribution in [3.8, 4) is 5.75 Å². The van der Waals surface area contributed by atoms with Gasteiger partial charge in [0.1, 0.15) is 12.4 Å². The molecule has 144 valence electrons. The molecule has 3 rings (SSSR count). The maximum absolute atomic E-state index is 10.7. The fraction of sp³-hybridized carbons (Fsp3) is 0.100. The van der Waals surface area contributed by atoms with Gasteiger partial charge in [-0.05, 0) is 79.4 Å². The molecule has 0 unspecified atom stereocenters. The normalized spacial score (nSPS) is 10.5. The summed E-state index contributed by atoms with van der Waals surface area (Å²) >= 11 is 13.3. The minimum atomic E-state index is -0.423. The Hall–Kier alpha value is -2.09. The Morgan fingerprint density at radius 2 is 1.64 bits per heavy atom. The van der Waals surface area contributed by atoms with Gasteiger partial charge in [-0.2, -0.15) is 0 Å². The summed E-state index contributed by atoms with van der Waals surface area (Å²) in [5.74, 6) is 0.667. The molecule has 5 nitrogen and oxygen atoms in total. The van der Waals surface area contributed by atoms with E-state index in [9.17, 15) is 10.1 Å². The maximum atomic E-state index is 10.7. The van der Waals surface area contributed by atoms with E-state index in [1.54, 1.807) is 12.1 Å². The molecule has 3 aromatic carbocycles. The van der Waals surface area contributed by atoms with Gasteiger partial charge in [0.15, 0.2) is 0 Å². The molecule has 0 radical (unpaired) electrons. The van der Waals surface area contributed by atoms with Crippen LogP contribution in [0.1, 0.15) is 11.1 Å². The molecule has 0 aliphatic heterocycles. The van der Waals surface area contributed by atoms with Crippen LogP contribution in [-0.4, -0.2) is 4.92 Å². The smallest absolute Gasteiger partial charge is 0.269 e. The van der Waals surface area contributed by atoms with Gasteiger partial charge in [-0.1, -0.05) is 23.7 Å². The van der Waals surface area contributed by atoms with Crippen molar-refractivity contribution in [3.63, 3.8) is 0 Å². The quantitative estimate of drug-likeness (QED) is 0.267. The van der Waals surface area contributed by atoms with E-state index in [0.717, 1.165) is 25.8 Å². The molecule has 0 fully saturated rings. The second-order valence-corrected chi connectivity index (χ2v) is 8.05. The van der Waals surface area contributed by atoms with E-state index in [4.69, 9.17) is 16.3 Å². The molecule has 0 aliphatic rings. The predicted molar refractivity (Wildman–Crippen MR) is 118 cm³/mol. The van der Waals surface area contributed by atoms with Crippen molar-refractivity contribution in [2.24, 2.45) is 0 Å². The number of benzene rings is 3. The monoisotopic (exact) mass is 524 g/mol. The summed E-state index contributed by atoms with van der Waals surface area (Å²) < 4.78 is 7.50. The Kier molecular flexibility index (Phi) is 6.93. The van der Waals surface area contributed by atoms with Crippen molar-refractivity contribution in [3.05, 3.63) is 95.9 Å². The Bertz CT molecular complexity index is 974. The predicted octanol–water partition coefficient (Wildman–Crippen LogP) is 6.96. The van der Waals surface area contributed by atoms with Gasteiger partial charge in [0.25, 0.3) is 5.69 Å². The maximum Gasteiger partial charge on any atom is 0.269 e. The lowest BCUT2D eigenvalue weighted by Crippen LogP contribution is -2.02. The average Bonchev–Trinajstić information content (AvgIpc) is 2.67. The van der Waals surface area contributed by atoms with Crippen LogP contribution in [-0.2, 0) is 13.2 Å². The number of halogens is 3. The van der Waals surface area contributed by atoms with Gasteiger partial charge < -0.3 is 10.1 Å². The second-order valence-electron chi connectivity index (χ2n) is 5.93. The van der Waals surface area contributed by atoms with Crippen molar-refractivity contribution in [2.45, 2.75) is 13.2 Å². The van der Waals surface area contributed by atoms with Crippen molar-refractivity contribution in [2.75, 3.05) is 5.32 Å². The van der Waals surface area contributed by atoms with E-state index in [1.165, 1.54) is 12.1 Å². The highest BCUT2D eigenvalue weighted by Gasteiger charge is 2.11. The van der Waals surface area contributed by atoms with Crippen LogP contribution < -0.4 is 10.1 Å². The highest BCUT2D eigenvalue weighted by Crippen LogP contribution is 2.36. The lowest BCUT2D eigenvalue weighted by molar-refractivity contribution is -0.384. The molecule has 0 spiro atoms. The van der Waals surface area contributed by atoms with Crippen LogP contribution in [0.25, 0.3) is 0 Å². The topological polar surface area (TPSA) is 64.4 Å². The van der Waals surface area contributed by atoms with Crippen LogP contribution in [0.5, 0.6) is 5.75 Å². The molecule has 0 aromatic heterocycles. The van der Waals surface area contributed by atoms with Crippen LogP contribution in [0, 0.1) is 10.1 Å². The van der Waals surface area contributed by atoms with E-state index < -0.39 is 4.92 Å². The minimum Gasteiger partial charge on any atom is -0.487 e. The lowest BCUT2D eigenvalue weighted by atomic mass is 10.2. The van der Waals surface area contributed by atoms with Gasteiger partial charge in [-0.3, -0.25) is 10.1 Å². The van der Waals surface area contributed by atoms with Gasteiger partial charge in [0.05, 0.1) is 24.6 Å². The molecule has 0 heterocycles. The van der Waals surface area contributed by atoms with Crippen molar-refractivity contribution in [1.82, 2.24) is 0 Å². The minimum absolute atomic E-state index is 0.0569. The average molecular weight is 527 g/mol. The van der Waals surface area contributed by atoms with Crippen molar-refractivity contribution < 1.29 is 9.66 Å². The van der Waals surface area contributed by atoms with E-state index in [0.29, 0.717) is 23.9 Å². The van der Waals surface area contributed by atoms with Crippen LogP contribution in [0.15, 0.2) is 69.6 Å². The number of ether oxygens (including phenoxy) is 1. The summed E-state index contributed by atoms with van der Waals surface area (Å²) in [6.07, 6.45) is 0. The molecule has 0 amide bonds. The summed E-state index contributed by atoms with van der Waals surface area (Å²) in [6.45, 7) is 0.899. The number of para-hydroxylation sites is 1. The number of hydrogen-bond acceptors (Lipinski definition) is 4. The molecule has 8 heteroatoms. The first-order valence-corrected chi connectivity index (χ1v) is 10.2. The highest BCUT2D eigenvalue weighted by atomic mass is 79.9. The number of nitro groups is 1. The number of rotatable bonds is 7. The van der Waals surface area contributed by atoms with Crippen LogP contribution in [0.4, 0.5) is 11.4 Å². The fourth-order valence-electron chi connectivity index (χ4n) is 2.52. The lowest BCUT2D eigenvalue weighted by Gasteiger charge is -2.14. The van der Waals surface area contributed by atoms with Crippen molar-refractivity contribution >= 4 is 54.8 Å². The zero-order chi connectivity index (χ0) is 20.1. The SMILES string of the molecule is O=[N+]([O-])c1ccc(COc2c(Br)cc(CNc3ccccc3Cl)cc2Br)cc1. The summed E-state index contributed by atoms with van der Waals surface area (Å²) in [7, 11) is 0. The second kappa shape index (κ2) is 9.41. The van der Waals surface area contributed by atoms with Crippen molar-refractivity contribution in [1.29, 1.82) is 0 Å². The zero-order valence-corrected chi connectivity index (χ0v) is 18.4. The van der Waals surface area contributed by atoms with Gasteiger partial charge in [0.2, 0.25) is 0 Å². The largest absolute Gasteiger partial charge is 0.487 e. The Labute approximate surface area is 184 Å². The van der Waals surface area contributed by atoms with E-state index >= 15 is 0 Å². The fourth-order valence-corrected chi connectivity index (χ4v) is 4.24. The van der Waals surface area contributed by atoms with Gasteiger partial charge in [-0.25, -0.2) is 0 Å². The van der Waals surface area contributed by atoms with Gasteiger partial charge in [-0.15, -0.1) is 0 Å². The Balaban J connectivity index is 1.66. The molecule has 0 bridgehead atoms. The molecule has 0 saturated heterocycles. The Morgan fingerprint density at radius 1 is 1.00 bits per heavy atom. The van der Waals surface area contributed by atoms with E-state index in [1.807, 2.05) is 36.4 Å². The first-order chi connectivity index (χ1) is 13.4. The standard InChI is InChI=1S/C20H15Br2ClN2O3/c21-16-9-14(11-24-19-4-2-1-3-18(19)23)10-17(22)20(16)28-12-13-5-7-15(8-6-13)25(26)27/h1-10,24H,11-12H2. The van der Waals surface area contributed by atoms with Gasteiger partial charge in [0, 0.05) is 18.7 Å². The zero-order valence-electron chi connectivity index (χ0n) is 14.5. The molecule has 1 N–H and O–H groups in total. The molecule has 3 aromatic rings. The number of hydrogen-bond donors (Lipinski definition) is 1. The third kappa shape index (κ3) is 5.25. The van der Waals surface area contributed by atoms with Gasteiger partial charge >= 0.3 is 0 Å². The van der Waals surface area contributed by atoms with E-state index in [2.05, 4.69) is 37.2 Å². The summed E-state index contributed by atoms with van der Waals surface area (Å²) in [5.41, 5.74) is 2.81. The van der Waals surface area contributed by atoms with E-state index in [-0.39, 0.29) is 5.69 Å². The highest BCUT2D eigenvalue weighted by molar-refractivity contribution is 9.11. The first kappa shape index (κ1) is 20.6. The molecule has 0 atom stereocenters. The molecule has 28 heavy (non-hydrogen) atoms. The number of anilines is 1. The molecular weight excluding hydrogens is 511 g/mol. The Morgan fingerprint density at radius 3 is 2.25 bits per heavy atom. The number of nitrogens with one attached hydrogen (secondary N) is 1. The molecule has 0 aliphatic carbocycles. The van der Waals surface area contributed by atoms with Crippen LogP contribution >= 0.6 is 43.5 Å². The summed E-state index contributed by atoms with van der Waals surface area (Å²) in [6, 6.07) is 17.8. The van der Waals surface area contributed by atoms with Crippen LogP contribution in [0.2, 0.25) is 5.02 Å². The van der Waals surface area contributed by atoms with Crippen LogP contribution in [0.3, 0.4) is 0 Å². The molecular formula is C20H15Br2ClN2O3. The summed E-state index contributed by atoms with van der Waals surface area (Å²) in [4.78, 5) is 10.3. The number of nitro benzene ring substituents is 1. The third-order valence-electron chi connectivity index (χ3n) is 3.95. The first-order valence-electron chi connectivity index (χ1n) is 8.26. The number of nitrogens with zero attached hydrogens (tertiary/aromatic N) is 1. The summed E-state index contributed by atoms with van der Waals surface area (Å²) in [5, 5.41) is 14.7.